The fourth-order valence-electron chi connectivity index (χ4n) is 1.05. The minimum Gasteiger partial charge on any atom is -0.383 e. The lowest BCUT2D eigenvalue weighted by Gasteiger charge is -2.20. The lowest BCUT2D eigenvalue weighted by Crippen LogP contribution is -2.40. The summed E-state index contributed by atoms with van der Waals surface area (Å²) in [6, 6.07) is 0. The zero-order valence-electron chi connectivity index (χ0n) is 9.62. The molecule has 0 fully saturated rings. The molecule has 0 bridgehead atoms. The van der Waals surface area contributed by atoms with Gasteiger partial charge in [0.1, 0.15) is 0 Å². The summed E-state index contributed by atoms with van der Waals surface area (Å²) in [4.78, 5) is 24.2. The molecule has 0 saturated carbocycles. The molecule has 0 rings (SSSR count). The fraction of sp³-hybridized carbons (Fsp3) is 0.800. The Morgan fingerprint density at radius 1 is 1.07 bits per heavy atom. The fourth-order valence-corrected chi connectivity index (χ4v) is 1.05. The van der Waals surface area contributed by atoms with Crippen molar-refractivity contribution in [2.45, 2.75) is 13.3 Å². The van der Waals surface area contributed by atoms with E-state index in [1.165, 1.54) is 4.90 Å². The van der Waals surface area contributed by atoms with Gasteiger partial charge >= 0.3 is 0 Å². The molecule has 0 aliphatic heterocycles. The Labute approximate surface area is 90.3 Å². The van der Waals surface area contributed by atoms with Gasteiger partial charge in [0.15, 0.2) is 0 Å². The Bertz CT molecular complexity index is 198. The standard InChI is InChI=1S/C10H19NO4/c1-4-9(12)10(13)11(5-7-14-2)6-8-15-3/h4-8H2,1-3H3. The number of rotatable bonds is 8. The van der Waals surface area contributed by atoms with E-state index in [2.05, 4.69) is 0 Å². The lowest BCUT2D eigenvalue weighted by molar-refractivity contribution is -0.145. The van der Waals surface area contributed by atoms with E-state index in [0.29, 0.717) is 26.3 Å². The number of hydrogen-bond donors (Lipinski definition) is 0. The summed E-state index contributed by atoms with van der Waals surface area (Å²) >= 11 is 0. The van der Waals surface area contributed by atoms with Gasteiger partial charge < -0.3 is 14.4 Å². The van der Waals surface area contributed by atoms with E-state index in [9.17, 15) is 9.59 Å². The van der Waals surface area contributed by atoms with Crippen LogP contribution in [-0.2, 0) is 19.1 Å². The third-order valence-corrected chi connectivity index (χ3v) is 1.98. The van der Waals surface area contributed by atoms with Crippen molar-refractivity contribution in [3.05, 3.63) is 0 Å². The smallest absolute Gasteiger partial charge is 0.290 e. The molecule has 0 atom stereocenters. The van der Waals surface area contributed by atoms with E-state index in [1.807, 2.05) is 0 Å². The maximum atomic E-state index is 11.6. The Balaban J connectivity index is 4.19. The molecule has 0 aliphatic rings. The molecular weight excluding hydrogens is 198 g/mol. The van der Waals surface area contributed by atoms with Crippen LogP contribution in [0.4, 0.5) is 0 Å². The van der Waals surface area contributed by atoms with Crippen LogP contribution in [-0.4, -0.2) is 57.1 Å². The van der Waals surface area contributed by atoms with E-state index in [4.69, 9.17) is 9.47 Å². The molecule has 0 unspecified atom stereocenters. The number of carbonyl (C=O) groups is 2. The number of amides is 1. The molecule has 88 valence electrons. The lowest BCUT2D eigenvalue weighted by atomic mass is 10.2. The van der Waals surface area contributed by atoms with Crippen LogP contribution in [0.1, 0.15) is 13.3 Å². The summed E-state index contributed by atoms with van der Waals surface area (Å²) in [5, 5.41) is 0. The molecule has 5 nitrogen and oxygen atoms in total. The Morgan fingerprint density at radius 2 is 1.53 bits per heavy atom. The molecular formula is C10H19NO4. The summed E-state index contributed by atoms with van der Waals surface area (Å²) < 4.78 is 9.74. The number of ketones is 1. The van der Waals surface area contributed by atoms with Gasteiger partial charge in [0.25, 0.3) is 5.91 Å². The van der Waals surface area contributed by atoms with Gasteiger partial charge in [-0.05, 0) is 0 Å². The normalized spacial score (nSPS) is 10.1. The highest BCUT2D eigenvalue weighted by Crippen LogP contribution is 1.95. The molecule has 0 heterocycles. The second-order valence-electron chi connectivity index (χ2n) is 3.05. The molecule has 0 radical (unpaired) electrons. The second kappa shape index (κ2) is 8.38. The van der Waals surface area contributed by atoms with Gasteiger partial charge in [0.2, 0.25) is 5.78 Å². The van der Waals surface area contributed by atoms with Gasteiger partial charge in [-0.2, -0.15) is 0 Å². The van der Waals surface area contributed by atoms with Crippen molar-refractivity contribution >= 4 is 11.7 Å². The quantitative estimate of drug-likeness (QED) is 0.541. The van der Waals surface area contributed by atoms with Gasteiger partial charge in [-0.25, -0.2) is 0 Å². The Morgan fingerprint density at radius 3 is 1.87 bits per heavy atom. The minimum absolute atomic E-state index is 0.231. The van der Waals surface area contributed by atoms with E-state index in [0.717, 1.165) is 0 Å². The number of nitrogens with zero attached hydrogens (tertiary/aromatic N) is 1. The van der Waals surface area contributed by atoms with Gasteiger partial charge in [-0.1, -0.05) is 6.92 Å². The number of methoxy groups -OCH3 is 2. The maximum Gasteiger partial charge on any atom is 0.290 e. The van der Waals surface area contributed by atoms with E-state index >= 15 is 0 Å². The first-order chi connectivity index (χ1) is 7.17. The molecule has 0 aromatic heterocycles. The van der Waals surface area contributed by atoms with Crippen molar-refractivity contribution in [3.8, 4) is 0 Å². The van der Waals surface area contributed by atoms with Crippen LogP contribution in [0.3, 0.4) is 0 Å². The third-order valence-electron chi connectivity index (χ3n) is 1.98. The molecule has 0 saturated heterocycles. The molecule has 0 aliphatic carbocycles. The first-order valence-electron chi connectivity index (χ1n) is 4.97. The van der Waals surface area contributed by atoms with Crippen LogP contribution in [0.5, 0.6) is 0 Å². The zero-order valence-corrected chi connectivity index (χ0v) is 9.62. The minimum atomic E-state index is -0.452. The molecule has 0 aromatic rings. The van der Waals surface area contributed by atoms with Crippen molar-refractivity contribution in [2.75, 3.05) is 40.5 Å². The van der Waals surface area contributed by atoms with E-state index in [-0.39, 0.29) is 12.2 Å². The molecule has 0 spiro atoms. The third kappa shape index (κ3) is 5.49. The van der Waals surface area contributed by atoms with Crippen molar-refractivity contribution < 1.29 is 19.1 Å². The maximum absolute atomic E-state index is 11.6. The van der Waals surface area contributed by atoms with Gasteiger partial charge in [0, 0.05) is 33.7 Å². The first kappa shape index (κ1) is 14.1. The average molecular weight is 217 g/mol. The summed E-state index contributed by atoms with van der Waals surface area (Å²) in [5.41, 5.74) is 0. The van der Waals surface area contributed by atoms with E-state index in [1.54, 1.807) is 21.1 Å². The molecule has 15 heavy (non-hydrogen) atoms. The van der Waals surface area contributed by atoms with Crippen molar-refractivity contribution in [3.63, 3.8) is 0 Å². The predicted molar refractivity (Wildman–Crippen MR) is 55.6 cm³/mol. The van der Waals surface area contributed by atoms with Crippen LogP contribution in [0.25, 0.3) is 0 Å². The van der Waals surface area contributed by atoms with Crippen LogP contribution < -0.4 is 0 Å². The summed E-state index contributed by atoms with van der Waals surface area (Å²) in [7, 11) is 3.11. The monoisotopic (exact) mass is 217 g/mol. The largest absolute Gasteiger partial charge is 0.383 e. The van der Waals surface area contributed by atoms with Crippen LogP contribution in [0, 0.1) is 0 Å². The first-order valence-corrected chi connectivity index (χ1v) is 4.97. The average Bonchev–Trinajstić information content (AvgIpc) is 2.27. The van der Waals surface area contributed by atoms with E-state index < -0.39 is 5.91 Å². The number of Topliss-reactive ketones (excluding diaryl/α,β-unsaturated/α-hetero) is 1. The summed E-state index contributed by atoms with van der Waals surface area (Å²) in [5.74, 6) is -0.825. The second-order valence-corrected chi connectivity index (χ2v) is 3.05. The topological polar surface area (TPSA) is 55.8 Å². The molecule has 0 aromatic carbocycles. The summed E-state index contributed by atoms with van der Waals surface area (Å²) in [6.07, 6.45) is 0.231. The van der Waals surface area contributed by atoms with Gasteiger partial charge in [-0.3, -0.25) is 9.59 Å². The molecule has 0 N–H and O–H groups in total. The number of ether oxygens (including phenoxy) is 2. The number of hydrogen-bond acceptors (Lipinski definition) is 4. The predicted octanol–water partition coefficient (Wildman–Crippen LogP) is 0.0869. The van der Waals surface area contributed by atoms with Crippen LogP contribution in [0.15, 0.2) is 0 Å². The van der Waals surface area contributed by atoms with Crippen LogP contribution in [0.2, 0.25) is 0 Å². The Hall–Kier alpha value is -0.940. The molecule has 5 heteroatoms. The summed E-state index contributed by atoms with van der Waals surface area (Å²) in [6.45, 7) is 3.36. The van der Waals surface area contributed by atoms with Crippen molar-refractivity contribution in [1.29, 1.82) is 0 Å². The molecule has 1 amide bonds. The number of carbonyl (C=O) groups excluding carboxylic acids is 2. The van der Waals surface area contributed by atoms with Crippen LogP contribution >= 0.6 is 0 Å². The SMILES string of the molecule is CCC(=O)C(=O)N(CCOC)CCOC. The van der Waals surface area contributed by atoms with Crippen molar-refractivity contribution in [2.24, 2.45) is 0 Å². The highest BCUT2D eigenvalue weighted by Gasteiger charge is 2.19. The van der Waals surface area contributed by atoms with Crippen molar-refractivity contribution in [1.82, 2.24) is 4.90 Å². The van der Waals surface area contributed by atoms with Gasteiger partial charge in [-0.15, -0.1) is 0 Å². The van der Waals surface area contributed by atoms with Gasteiger partial charge in [0.05, 0.1) is 13.2 Å². The Kier molecular flexibility index (Phi) is 7.85. The zero-order chi connectivity index (χ0) is 11.7. The highest BCUT2D eigenvalue weighted by molar-refractivity contribution is 6.35. The highest BCUT2D eigenvalue weighted by atomic mass is 16.5.